The minimum Gasteiger partial charge on any atom is -0.465 e. The van der Waals surface area contributed by atoms with Crippen molar-refractivity contribution >= 4 is 17.6 Å². The number of alkyl halides is 5. The fourth-order valence-corrected chi connectivity index (χ4v) is 1.21. The van der Waals surface area contributed by atoms with E-state index in [2.05, 4.69) is 4.74 Å². The van der Waals surface area contributed by atoms with Gasteiger partial charge in [0.1, 0.15) is 5.82 Å². The van der Waals surface area contributed by atoms with Gasteiger partial charge in [0.05, 0.1) is 12.7 Å². The van der Waals surface area contributed by atoms with Crippen molar-refractivity contribution in [3.8, 4) is 0 Å². The molecule has 0 bridgehead atoms. The van der Waals surface area contributed by atoms with Crippen molar-refractivity contribution in [1.29, 1.82) is 0 Å². The molecule has 0 aliphatic heterocycles. The highest BCUT2D eigenvalue weighted by Gasteiger charge is 2.63. The van der Waals surface area contributed by atoms with E-state index in [-0.39, 0.29) is 0 Å². The lowest BCUT2D eigenvalue weighted by atomic mass is 10.2. The van der Waals surface area contributed by atoms with Gasteiger partial charge in [0.25, 0.3) is 0 Å². The maximum atomic E-state index is 13.2. The van der Waals surface area contributed by atoms with Gasteiger partial charge < -0.3 is 10.1 Å². The predicted octanol–water partition coefficient (Wildman–Crippen LogP) is 2.75. The third kappa shape index (κ3) is 3.44. The Bertz CT molecular complexity index is 570. The van der Waals surface area contributed by atoms with E-state index < -0.39 is 41.0 Å². The number of nitrogens with one attached hydrogen (secondary N) is 1. The van der Waals surface area contributed by atoms with Crippen LogP contribution in [0.1, 0.15) is 10.4 Å². The van der Waals surface area contributed by atoms with E-state index in [1.807, 2.05) is 0 Å². The van der Waals surface area contributed by atoms with Crippen molar-refractivity contribution in [3.05, 3.63) is 29.6 Å². The highest BCUT2D eigenvalue weighted by Crippen LogP contribution is 2.36. The van der Waals surface area contributed by atoms with Crippen molar-refractivity contribution in [2.45, 2.75) is 12.1 Å². The number of methoxy groups -OCH3 is 1. The third-order valence-corrected chi connectivity index (χ3v) is 2.27. The number of amides is 1. The molecule has 0 fully saturated rings. The van der Waals surface area contributed by atoms with Crippen LogP contribution in [0.15, 0.2) is 18.2 Å². The standard InChI is InChI=1S/C11H7F6NO3/c1-21-8(19)6-4-5(2-3-7(6)12)18-9(20)10(13,14)11(15,16)17/h2-4H,1H3,(H,18,20). The molecule has 1 rings (SSSR count). The Kier molecular flexibility index (Phi) is 4.49. The molecule has 0 saturated carbocycles. The van der Waals surface area contributed by atoms with Crippen molar-refractivity contribution in [2.75, 3.05) is 12.4 Å². The summed E-state index contributed by atoms with van der Waals surface area (Å²) in [6.07, 6.45) is -6.08. The van der Waals surface area contributed by atoms with E-state index in [1.54, 1.807) is 0 Å². The molecule has 0 spiro atoms. The molecule has 1 N–H and O–H groups in total. The zero-order chi connectivity index (χ0) is 16.4. The Morgan fingerprint density at radius 1 is 1.14 bits per heavy atom. The van der Waals surface area contributed by atoms with Gasteiger partial charge in [-0.15, -0.1) is 0 Å². The number of ether oxygens (including phenoxy) is 1. The molecule has 0 heterocycles. The summed E-state index contributed by atoms with van der Waals surface area (Å²) >= 11 is 0. The van der Waals surface area contributed by atoms with Crippen LogP contribution in [-0.4, -0.2) is 31.1 Å². The zero-order valence-electron chi connectivity index (χ0n) is 10.2. The number of halogens is 6. The van der Waals surface area contributed by atoms with Crippen LogP contribution in [0.3, 0.4) is 0 Å². The molecule has 0 atom stereocenters. The highest BCUT2D eigenvalue weighted by atomic mass is 19.4. The number of rotatable bonds is 3. The number of carbonyl (C=O) groups is 2. The first-order chi connectivity index (χ1) is 9.50. The molecule has 116 valence electrons. The van der Waals surface area contributed by atoms with Gasteiger partial charge in [-0.25, -0.2) is 9.18 Å². The van der Waals surface area contributed by atoms with Crippen molar-refractivity contribution in [3.63, 3.8) is 0 Å². The molecule has 4 nitrogen and oxygen atoms in total. The fraction of sp³-hybridized carbons (Fsp3) is 0.273. The molecule has 0 unspecified atom stereocenters. The van der Waals surface area contributed by atoms with Crippen molar-refractivity contribution in [2.24, 2.45) is 0 Å². The zero-order valence-corrected chi connectivity index (χ0v) is 10.2. The van der Waals surface area contributed by atoms with E-state index in [0.717, 1.165) is 7.11 Å². The van der Waals surface area contributed by atoms with Crippen LogP contribution < -0.4 is 5.32 Å². The first kappa shape index (κ1) is 16.8. The van der Waals surface area contributed by atoms with Gasteiger partial charge in [0.15, 0.2) is 0 Å². The highest BCUT2D eigenvalue weighted by molar-refractivity contribution is 5.98. The number of carbonyl (C=O) groups excluding carboxylic acids is 2. The van der Waals surface area contributed by atoms with Gasteiger partial charge in [-0.05, 0) is 18.2 Å². The molecule has 0 aliphatic carbocycles. The second kappa shape index (κ2) is 5.62. The lowest BCUT2D eigenvalue weighted by Gasteiger charge is -2.18. The van der Waals surface area contributed by atoms with Gasteiger partial charge in [-0.2, -0.15) is 22.0 Å². The van der Waals surface area contributed by atoms with Crippen LogP contribution in [-0.2, 0) is 9.53 Å². The maximum Gasteiger partial charge on any atom is 0.463 e. The molecule has 1 aromatic rings. The summed E-state index contributed by atoms with van der Waals surface area (Å²) in [6, 6.07) is 1.89. The van der Waals surface area contributed by atoms with Crippen molar-refractivity contribution in [1.82, 2.24) is 0 Å². The molecule has 0 aliphatic rings. The van der Waals surface area contributed by atoms with Gasteiger partial charge >= 0.3 is 24.0 Å². The molecule has 0 radical (unpaired) electrons. The predicted molar refractivity (Wildman–Crippen MR) is 57.4 cm³/mol. The molecule has 0 saturated heterocycles. The Balaban J connectivity index is 3.05. The first-order valence-electron chi connectivity index (χ1n) is 5.14. The minimum atomic E-state index is -6.08. The number of anilines is 1. The quantitative estimate of drug-likeness (QED) is 0.689. The smallest absolute Gasteiger partial charge is 0.463 e. The summed E-state index contributed by atoms with van der Waals surface area (Å²) in [7, 11) is 0.908. The van der Waals surface area contributed by atoms with Crippen LogP contribution in [0.5, 0.6) is 0 Å². The van der Waals surface area contributed by atoms with Gasteiger partial charge in [0.2, 0.25) is 0 Å². The Morgan fingerprint density at radius 3 is 2.19 bits per heavy atom. The second-order valence-corrected chi connectivity index (χ2v) is 3.71. The van der Waals surface area contributed by atoms with Crippen LogP contribution in [0, 0.1) is 5.82 Å². The van der Waals surface area contributed by atoms with Crippen LogP contribution in [0.25, 0.3) is 0 Å². The number of hydrogen-bond acceptors (Lipinski definition) is 3. The largest absolute Gasteiger partial charge is 0.465 e. The van der Waals surface area contributed by atoms with Gasteiger partial charge in [0, 0.05) is 5.69 Å². The molecule has 1 amide bonds. The van der Waals surface area contributed by atoms with Gasteiger partial charge in [-0.3, -0.25) is 4.79 Å². The summed E-state index contributed by atoms with van der Waals surface area (Å²) in [5, 5.41) is 1.25. The van der Waals surface area contributed by atoms with Crippen LogP contribution >= 0.6 is 0 Å². The summed E-state index contributed by atoms with van der Waals surface area (Å²) in [5.74, 6) is -10.6. The third-order valence-electron chi connectivity index (χ3n) is 2.27. The monoisotopic (exact) mass is 315 g/mol. The van der Waals surface area contributed by atoms with Crippen LogP contribution in [0.4, 0.5) is 32.0 Å². The average Bonchev–Trinajstić information content (AvgIpc) is 2.38. The minimum absolute atomic E-state index is 0.575. The van der Waals surface area contributed by atoms with E-state index in [0.29, 0.717) is 18.2 Å². The SMILES string of the molecule is COC(=O)c1cc(NC(=O)C(F)(F)C(F)(F)F)ccc1F. The van der Waals surface area contributed by atoms with E-state index >= 15 is 0 Å². The molecule has 1 aromatic carbocycles. The summed E-state index contributed by atoms with van der Waals surface area (Å²) in [6.45, 7) is 0. The van der Waals surface area contributed by atoms with Gasteiger partial charge in [-0.1, -0.05) is 0 Å². The second-order valence-electron chi connectivity index (χ2n) is 3.71. The van der Waals surface area contributed by atoms with E-state index in [1.165, 1.54) is 5.32 Å². The molecular formula is C11H7F6NO3. The van der Waals surface area contributed by atoms with Crippen molar-refractivity contribution < 1.29 is 40.7 Å². The Morgan fingerprint density at radius 2 is 1.71 bits per heavy atom. The fourth-order valence-electron chi connectivity index (χ4n) is 1.21. The molecule has 21 heavy (non-hydrogen) atoms. The van der Waals surface area contributed by atoms with E-state index in [4.69, 9.17) is 0 Å². The summed E-state index contributed by atoms with van der Waals surface area (Å²) in [5.41, 5.74) is -1.35. The number of benzene rings is 1. The Hall–Kier alpha value is -2.26. The maximum absolute atomic E-state index is 13.2. The first-order valence-corrected chi connectivity index (χ1v) is 5.14. The lowest BCUT2D eigenvalue weighted by molar-refractivity contribution is -0.267. The molecular weight excluding hydrogens is 308 g/mol. The van der Waals surface area contributed by atoms with E-state index in [9.17, 15) is 35.9 Å². The summed E-state index contributed by atoms with van der Waals surface area (Å²) < 4.78 is 78.7. The topological polar surface area (TPSA) is 55.4 Å². The number of esters is 1. The lowest BCUT2D eigenvalue weighted by Crippen LogP contribution is -2.47. The van der Waals surface area contributed by atoms with Crippen LogP contribution in [0.2, 0.25) is 0 Å². The Labute approximate surface area is 113 Å². The number of hydrogen-bond donors (Lipinski definition) is 1. The summed E-state index contributed by atoms with van der Waals surface area (Å²) in [4.78, 5) is 22.1. The molecule has 0 aromatic heterocycles. The average molecular weight is 315 g/mol. The molecule has 10 heteroatoms. The normalized spacial score (nSPS) is 12.0.